The zero-order valence-electron chi connectivity index (χ0n) is 15.2. The smallest absolute Gasteiger partial charge is 0.241 e. The van der Waals surface area contributed by atoms with Gasteiger partial charge in [-0.25, -0.2) is 0 Å². The molecule has 0 aliphatic carbocycles. The number of likely N-dealkylation sites (tertiary alicyclic amines) is 1. The Balaban J connectivity index is 1.35. The summed E-state index contributed by atoms with van der Waals surface area (Å²) in [7, 11) is 0. The molecule has 3 saturated heterocycles. The van der Waals surface area contributed by atoms with Crippen molar-refractivity contribution in [2.75, 3.05) is 25.0 Å². The zero-order chi connectivity index (χ0) is 19.3. The summed E-state index contributed by atoms with van der Waals surface area (Å²) in [5, 5.41) is 3.55. The lowest BCUT2D eigenvalue weighted by Crippen LogP contribution is -2.43. The molecule has 3 fully saturated rings. The van der Waals surface area contributed by atoms with Gasteiger partial charge in [0, 0.05) is 18.7 Å². The van der Waals surface area contributed by atoms with E-state index in [1.54, 1.807) is 4.90 Å². The first-order valence-corrected chi connectivity index (χ1v) is 10.3. The van der Waals surface area contributed by atoms with E-state index in [9.17, 15) is 9.59 Å². The van der Waals surface area contributed by atoms with Crippen molar-refractivity contribution >= 4 is 29.3 Å². The van der Waals surface area contributed by atoms with E-state index < -0.39 is 17.4 Å². The van der Waals surface area contributed by atoms with Crippen LogP contribution in [-0.4, -0.2) is 57.4 Å². The van der Waals surface area contributed by atoms with Gasteiger partial charge in [0.05, 0.1) is 30.1 Å². The molecule has 1 aromatic heterocycles. The number of nitrogens with zero attached hydrogens (tertiary/aromatic N) is 3. The number of ether oxygens (including phenoxy) is 1. The Hall–Kier alpha value is -2.36. The minimum absolute atomic E-state index is 0.0241. The number of hydrogen-bond donors (Lipinski definition) is 2. The molecule has 9 heteroatoms. The highest BCUT2D eigenvalue weighted by Crippen LogP contribution is 2.55. The summed E-state index contributed by atoms with van der Waals surface area (Å²) in [6, 6.07) is 9.69. The quantitative estimate of drug-likeness (QED) is 0.779. The maximum Gasteiger partial charge on any atom is 0.241 e. The zero-order valence-corrected chi connectivity index (χ0v) is 16.0. The summed E-state index contributed by atoms with van der Waals surface area (Å²) in [6.07, 6.45) is 1.38. The Morgan fingerprint density at radius 2 is 2.21 bits per heavy atom. The summed E-state index contributed by atoms with van der Waals surface area (Å²) in [4.78, 5) is 32.1. The van der Waals surface area contributed by atoms with Crippen LogP contribution in [0.25, 0.3) is 10.6 Å². The molecule has 0 saturated carbocycles. The molecule has 3 aliphatic rings. The van der Waals surface area contributed by atoms with Crippen molar-refractivity contribution in [1.29, 1.82) is 0 Å². The number of carbonyl (C=O) groups is 2. The third-order valence-electron chi connectivity index (χ3n) is 5.98. The topological polar surface area (TPSA) is 110 Å². The molecular weight excluding hydrogens is 378 g/mol. The number of benzene rings is 1. The second kappa shape index (κ2) is 6.61. The standard InChI is InChI=1S/C19H21N5O3S/c20-8-9-24-10-19-7-6-12(27-19)13(14(19)17(24)26)15(25)21-18-22-16(28-23-18)11-4-2-1-3-5-11/h1-5,12-14H,6-10,20H2,(H,21,23,25)/t12-,13-,14+,19-/m0/s1. The van der Waals surface area contributed by atoms with Crippen LogP contribution in [0.3, 0.4) is 0 Å². The molecule has 5 rings (SSSR count). The van der Waals surface area contributed by atoms with Crippen LogP contribution in [0.2, 0.25) is 0 Å². The molecule has 28 heavy (non-hydrogen) atoms. The monoisotopic (exact) mass is 399 g/mol. The number of amides is 2. The van der Waals surface area contributed by atoms with Crippen molar-refractivity contribution in [2.24, 2.45) is 17.6 Å². The first-order valence-electron chi connectivity index (χ1n) is 9.48. The molecule has 3 N–H and O–H groups in total. The maximum absolute atomic E-state index is 13.0. The van der Waals surface area contributed by atoms with Crippen molar-refractivity contribution in [3.63, 3.8) is 0 Å². The molecule has 2 aromatic rings. The fraction of sp³-hybridized carbons (Fsp3) is 0.474. The van der Waals surface area contributed by atoms with Gasteiger partial charge < -0.3 is 15.4 Å². The second-order valence-electron chi connectivity index (χ2n) is 7.59. The van der Waals surface area contributed by atoms with Gasteiger partial charge in [0.15, 0.2) is 0 Å². The van der Waals surface area contributed by atoms with Gasteiger partial charge >= 0.3 is 0 Å². The van der Waals surface area contributed by atoms with Gasteiger partial charge in [0.1, 0.15) is 5.01 Å². The number of rotatable bonds is 5. The molecule has 3 aliphatic heterocycles. The number of aromatic nitrogens is 2. The van der Waals surface area contributed by atoms with Gasteiger partial charge in [0.25, 0.3) is 0 Å². The summed E-state index contributed by atoms with van der Waals surface area (Å²) in [6.45, 7) is 1.43. The number of nitrogens with two attached hydrogens (primary N) is 1. The summed E-state index contributed by atoms with van der Waals surface area (Å²) < 4.78 is 10.4. The Kier molecular flexibility index (Phi) is 4.18. The molecule has 0 unspecified atom stereocenters. The number of carbonyl (C=O) groups excluding carboxylic acids is 2. The van der Waals surface area contributed by atoms with Gasteiger partial charge in [-0.3, -0.25) is 14.9 Å². The van der Waals surface area contributed by atoms with Crippen molar-refractivity contribution < 1.29 is 14.3 Å². The molecular formula is C19H21N5O3S. The van der Waals surface area contributed by atoms with E-state index in [0.717, 1.165) is 23.4 Å². The number of anilines is 1. The van der Waals surface area contributed by atoms with E-state index in [1.165, 1.54) is 11.5 Å². The lowest BCUT2D eigenvalue weighted by Gasteiger charge is -2.26. The molecule has 1 spiro atoms. The van der Waals surface area contributed by atoms with Gasteiger partial charge in [-0.1, -0.05) is 30.3 Å². The van der Waals surface area contributed by atoms with Crippen LogP contribution in [0.5, 0.6) is 0 Å². The molecule has 4 heterocycles. The predicted octanol–water partition coefficient (Wildman–Crippen LogP) is 1.11. The fourth-order valence-corrected chi connectivity index (χ4v) is 5.48. The third-order valence-corrected chi connectivity index (χ3v) is 6.75. The summed E-state index contributed by atoms with van der Waals surface area (Å²) in [5.41, 5.74) is 6.05. The van der Waals surface area contributed by atoms with Crippen LogP contribution in [0.4, 0.5) is 5.95 Å². The van der Waals surface area contributed by atoms with Gasteiger partial charge in [-0.15, -0.1) is 0 Å². The van der Waals surface area contributed by atoms with Gasteiger partial charge in [-0.2, -0.15) is 9.36 Å². The molecule has 2 bridgehead atoms. The van der Waals surface area contributed by atoms with Crippen LogP contribution < -0.4 is 11.1 Å². The van der Waals surface area contributed by atoms with E-state index in [1.807, 2.05) is 30.3 Å². The Labute approximate surface area is 166 Å². The third kappa shape index (κ3) is 2.65. The van der Waals surface area contributed by atoms with Crippen LogP contribution in [0.1, 0.15) is 12.8 Å². The van der Waals surface area contributed by atoms with Crippen LogP contribution in [-0.2, 0) is 14.3 Å². The molecule has 146 valence electrons. The summed E-state index contributed by atoms with van der Waals surface area (Å²) >= 11 is 1.23. The van der Waals surface area contributed by atoms with Gasteiger partial charge in [-0.05, 0) is 24.4 Å². The van der Waals surface area contributed by atoms with Crippen molar-refractivity contribution in [3.05, 3.63) is 30.3 Å². The maximum atomic E-state index is 13.0. The normalized spacial score (nSPS) is 30.7. The minimum atomic E-state index is -0.538. The van der Waals surface area contributed by atoms with E-state index in [2.05, 4.69) is 14.7 Å². The number of nitrogens with one attached hydrogen (secondary N) is 1. The van der Waals surface area contributed by atoms with E-state index in [-0.39, 0.29) is 23.9 Å². The first kappa shape index (κ1) is 17.7. The summed E-state index contributed by atoms with van der Waals surface area (Å²) in [5.74, 6) is -0.936. The molecule has 8 nitrogen and oxygen atoms in total. The Bertz CT molecular complexity index is 919. The van der Waals surface area contributed by atoms with Crippen molar-refractivity contribution in [1.82, 2.24) is 14.3 Å². The molecule has 4 atom stereocenters. The lowest BCUT2D eigenvalue weighted by atomic mass is 9.73. The van der Waals surface area contributed by atoms with Gasteiger partial charge in [0.2, 0.25) is 17.8 Å². The minimum Gasteiger partial charge on any atom is -0.368 e. The van der Waals surface area contributed by atoms with Crippen LogP contribution in [0.15, 0.2) is 30.3 Å². The number of fused-ring (bicyclic) bond motifs is 1. The van der Waals surface area contributed by atoms with E-state index >= 15 is 0 Å². The number of hydrogen-bond acceptors (Lipinski definition) is 7. The fourth-order valence-electron chi connectivity index (χ4n) is 4.85. The van der Waals surface area contributed by atoms with Crippen molar-refractivity contribution in [3.8, 4) is 10.6 Å². The van der Waals surface area contributed by atoms with E-state index in [4.69, 9.17) is 10.5 Å². The Morgan fingerprint density at radius 3 is 3.00 bits per heavy atom. The Morgan fingerprint density at radius 1 is 1.39 bits per heavy atom. The average Bonchev–Trinajstić information content (AvgIpc) is 3.45. The van der Waals surface area contributed by atoms with Crippen LogP contribution in [0, 0.1) is 11.8 Å². The van der Waals surface area contributed by atoms with E-state index in [0.29, 0.717) is 19.6 Å². The van der Waals surface area contributed by atoms with Crippen LogP contribution >= 0.6 is 11.5 Å². The SMILES string of the molecule is NCCN1C[C@]23CC[C@H](O2)[C@H](C(=O)Nc2nsc(-c4ccccc4)n2)[C@@H]3C1=O. The second-order valence-corrected chi connectivity index (χ2v) is 8.34. The molecule has 1 aromatic carbocycles. The molecule has 2 amide bonds. The highest BCUT2D eigenvalue weighted by Gasteiger charge is 2.68. The first-order chi connectivity index (χ1) is 13.6. The highest BCUT2D eigenvalue weighted by molar-refractivity contribution is 7.09. The van der Waals surface area contributed by atoms with Crippen molar-refractivity contribution in [2.45, 2.75) is 24.5 Å². The molecule has 0 radical (unpaired) electrons. The lowest BCUT2D eigenvalue weighted by molar-refractivity contribution is -0.136. The largest absolute Gasteiger partial charge is 0.368 e. The highest BCUT2D eigenvalue weighted by atomic mass is 32.1. The predicted molar refractivity (Wildman–Crippen MR) is 103 cm³/mol. The average molecular weight is 399 g/mol.